The lowest BCUT2D eigenvalue weighted by molar-refractivity contribution is -0.394. The number of halogens is 2. The largest absolute Gasteiger partial charge is 0.450 e. The van der Waals surface area contributed by atoms with Crippen LogP contribution in [0.5, 0.6) is 11.5 Å². The molecule has 1 heterocycles. The number of oxazole rings is 1. The van der Waals surface area contributed by atoms with E-state index in [9.17, 15) is 24.6 Å². The van der Waals surface area contributed by atoms with E-state index >= 15 is 0 Å². The summed E-state index contributed by atoms with van der Waals surface area (Å²) >= 11 is 6.11. The van der Waals surface area contributed by atoms with Crippen molar-refractivity contribution in [1.82, 2.24) is 4.98 Å². The van der Waals surface area contributed by atoms with E-state index in [0.29, 0.717) is 28.1 Å². The number of nitro benzene ring substituents is 2. The summed E-state index contributed by atoms with van der Waals surface area (Å²) in [6, 6.07) is 18.9. The van der Waals surface area contributed by atoms with Crippen LogP contribution in [0, 0.1) is 26.0 Å². The molecule has 38 heavy (non-hydrogen) atoms. The highest BCUT2D eigenvalue weighted by atomic mass is 35.5. The molecule has 5 aromatic rings. The van der Waals surface area contributed by atoms with E-state index in [1.54, 1.807) is 48.7 Å². The fourth-order valence-corrected chi connectivity index (χ4v) is 3.77. The Kier molecular flexibility index (Phi) is 6.50. The molecule has 0 amide bonds. The van der Waals surface area contributed by atoms with Crippen molar-refractivity contribution < 1.29 is 23.4 Å². The first kappa shape index (κ1) is 24.5. The first-order valence-corrected chi connectivity index (χ1v) is 11.3. The van der Waals surface area contributed by atoms with Gasteiger partial charge in [0, 0.05) is 12.3 Å². The van der Waals surface area contributed by atoms with Crippen LogP contribution in [-0.2, 0) is 0 Å². The number of nitrogens with zero attached hydrogens (tertiary/aromatic N) is 4. The second-order valence-electron chi connectivity index (χ2n) is 7.89. The van der Waals surface area contributed by atoms with Gasteiger partial charge in [-0.2, -0.15) is 0 Å². The molecule has 0 radical (unpaired) electrons. The smallest absolute Gasteiger partial charge is 0.318 e. The van der Waals surface area contributed by atoms with Gasteiger partial charge in [0.1, 0.15) is 17.1 Å². The summed E-state index contributed by atoms with van der Waals surface area (Å²) in [5.41, 5.74) is 1.92. The molecule has 0 spiro atoms. The lowest BCUT2D eigenvalue weighted by atomic mass is 10.2. The first-order chi connectivity index (χ1) is 18.3. The number of aliphatic imine (C=N–C) groups is 1. The molecule has 0 N–H and O–H groups in total. The van der Waals surface area contributed by atoms with Gasteiger partial charge in [0.25, 0.3) is 5.69 Å². The zero-order valence-electron chi connectivity index (χ0n) is 19.1. The summed E-state index contributed by atoms with van der Waals surface area (Å²) in [7, 11) is 0. The molecule has 0 unspecified atom stereocenters. The van der Waals surface area contributed by atoms with E-state index in [1.807, 2.05) is 0 Å². The van der Waals surface area contributed by atoms with E-state index in [2.05, 4.69) is 9.98 Å². The molecule has 10 nitrogen and oxygen atoms in total. The predicted molar refractivity (Wildman–Crippen MR) is 138 cm³/mol. The Morgan fingerprint density at radius 3 is 2.45 bits per heavy atom. The van der Waals surface area contributed by atoms with Gasteiger partial charge in [-0.15, -0.1) is 0 Å². The third kappa shape index (κ3) is 5.18. The maximum absolute atomic E-state index is 13.3. The second kappa shape index (κ2) is 10.1. The summed E-state index contributed by atoms with van der Waals surface area (Å²) in [5, 5.41) is 22.4. The molecule has 0 saturated carbocycles. The third-order valence-corrected chi connectivity index (χ3v) is 5.67. The molecule has 0 fully saturated rings. The van der Waals surface area contributed by atoms with Crippen LogP contribution in [0.1, 0.15) is 5.56 Å². The van der Waals surface area contributed by atoms with Gasteiger partial charge >= 0.3 is 5.69 Å². The summed E-state index contributed by atoms with van der Waals surface area (Å²) in [6.45, 7) is 0. The number of benzene rings is 4. The van der Waals surface area contributed by atoms with Gasteiger partial charge in [-0.1, -0.05) is 11.6 Å². The highest BCUT2D eigenvalue weighted by Gasteiger charge is 2.21. The molecule has 0 aliphatic carbocycles. The Bertz CT molecular complexity index is 1740. The van der Waals surface area contributed by atoms with E-state index in [4.69, 9.17) is 20.8 Å². The van der Waals surface area contributed by atoms with Gasteiger partial charge in [0.05, 0.1) is 32.2 Å². The maximum atomic E-state index is 13.3. The molecule has 4 aromatic carbocycles. The fraction of sp³-hybridized carbons (Fsp3) is 0. The standard InChI is InChI=1S/C26H14ClFN4O6/c27-21-11-16(28)3-8-20(21)26-30-22-12-17(4-9-24(22)38-26)29-14-15-1-6-19(7-2-15)37-25-10-5-18(31(33)34)13-23(25)32(35)36/h1-14H. The van der Waals surface area contributed by atoms with Gasteiger partial charge in [0.2, 0.25) is 11.6 Å². The van der Waals surface area contributed by atoms with Crippen molar-refractivity contribution >= 4 is 46.0 Å². The van der Waals surface area contributed by atoms with Crippen LogP contribution in [-0.4, -0.2) is 21.0 Å². The second-order valence-corrected chi connectivity index (χ2v) is 8.30. The number of fused-ring (bicyclic) bond motifs is 1. The van der Waals surface area contributed by atoms with Crippen molar-refractivity contribution in [1.29, 1.82) is 0 Å². The predicted octanol–water partition coefficient (Wildman–Crippen LogP) is 7.65. The molecule has 12 heteroatoms. The van der Waals surface area contributed by atoms with Gasteiger partial charge in [-0.3, -0.25) is 25.2 Å². The zero-order chi connectivity index (χ0) is 26.8. The number of non-ortho nitro benzene ring substituents is 1. The molecular formula is C26H14ClFN4O6. The molecule has 0 bridgehead atoms. The molecule has 1 aromatic heterocycles. The average Bonchev–Trinajstić information content (AvgIpc) is 3.31. The van der Waals surface area contributed by atoms with Crippen molar-refractivity contribution in [3.05, 3.63) is 115 Å². The minimum Gasteiger partial charge on any atom is -0.450 e. The lowest BCUT2D eigenvalue weighted by Crippen LogP contribution is -1.96. The van der Waals surface area contributed by atoms with Gasteiger partial charge < -0.3 is 9.15 Å². The number of rotatable bonds is 7. The first-order valence-electron chi connectivity index (χ1n) is 10.9. The Hall–Kier alpha value is -5.16. The quantitative estimate of drug-likeness (QED) is 0.119. The summed E-state index contributed by atoms with van der Waals surface area (Å²) < 4.78 is 24.6. The van der Waals surface area contributed by atoms with Crippen LogP contribution in [0.3, 0.4) is 0 Å². The Labute approximate surface area is 217 Å². The minimum atomic E-state index is -0.744. The molecule has 0 atom stereocenters. The summed E-state index contributed by atoms with van der Waals surface area (Å²) in [6.07, 6.45) is 1.61. The molecule has 0 saturated heterocycles. The van der Waals surface area contributed by atoms with Gasteiger partial charge in [-0.05, 0) is 72.3 Å². The molecule has 0 aliphatic heterocycles. The van der Waals surface area contributed by atoms with E-state index < -0.39 is 27.0 Å². The zero-order valence-corrected chi connectivity index (χ0v) is 19.8. The SMILES string of the molecule is O=[N+]([O-])c1ccc(Oc2ccc(C=Nc3ccc4oc(-c5ccc(F)cc5Cl)nc4c3)cc2)c([N+](=O)[O-])c1. The van der Waals surface area contributed by atoms with Crippen LogP contribution >= 0.6 is 11.6 Å². The van der Waals surface area contributed by atoms with E-state index in [1.165, 1.54) is 24.3 Å². The molecule has 5 rings (SSSR count). The summed E-state index contributed by atoms with van der Waals surface area (Å²) in [4.78, 5) is 29.6. The van der Waals surface area contributed by atoms with Gasteiger partial charge in [0.15, 0.2) is 5.58 Å². The van der Waals surface area contributed by atoms with E-state index in [-0.39, 0.29) is 16.7 Å². The van der Waals surface area contributed by atoms with Crippen LogP contribution in [0.4, 0.5) is 21.5 Å². The topological polar surface area (TPSA) is 134 Å². The van der Waals surface area contributed by atoms with Crippen LogP contribution in [0.2, 0.25) is 5.02 Å². The Morgan fingerprint density at radius 1 is 0.947 bits per heavy atom. The van der Waals surface area contributed by atoms with Crippen LogP contribution < -0.4 is 4.74 Å². The van der Waals surface area contributed by atoms with E-state index in [0.717, 1.165) is 17.7 Å². The maximum Gasteiger partial charge on any atom is 0.318 e. The number of ether oxygens (including phenoxy) is 1. The average molecular weight is 533 g/mol. The number of hydrogen-bond donors (Lipinski definition) is 0. The van der Waals surface area contributed by atoms with Crippen LogP contribution in [0.25, 0.3) is 22.6 Å². The Balaban J connectivity index is 1.32. The van der Waals surface area contributed by atoms with Crippen molar-refractivity contribution in [2.75, 3.05) is 0 Å². The van der Waals surface area contributed by atoms with Crippen molar-refractivity contribution in [3.8, 4) is 23.0 Å². The summed E-state index contributed by atoms with van der Waals surface area (Å²) in [5.74, 6) is -0.0203. The number of nitro groups is 2. The molecule has 188 valence electrons. The molecular weight excluding hydrogens is 519 g/mol. The van der Waals surface area contributed by atoms with Crippen molar-refractivity contribution in [3.63, 3.8) is 0 Å². The van der Waals surface area contributed by atoms with Gasteiger partial charge in [-0.25, -0.2) is 9.37 Å². The minimum absolute atomic E-state index is 0.121. The Morgan fingerprint density at radius 2 is 1.74 bits per heavy atom. The fourth-order valence-electron chi connectivity index (χ4n) is 3.52. The monoisotopic (exact) mass is 532 g/mol. The van der Waals surface area contributed by atoms with Crippen molar-refractivity contribution in [2.24, 2.45) is 4.99 Å². The normalized spacial score (nSPS) is 11.2. The third-order valence-electron chi connectivity index (χ3n) is 5.35. The van der Waals surface area contributed by atoms with Crippen LogP contribution in [0.15, 0.2) is 88.3 Å². The number of aromatic nitrogens is 1. The lowest BCUT2D eigenvalue weighted by Gasteiger charge is -2.06. The number of hydrogen-bond acceptors (Lipinski definition) is 8. The highest BCUT2D eigenvalue weighted by Crippen LogP contribution is 2.35. The molecule has 0 aliphatic rings. The van der Waals surface area contributed by atoms with Crippen molar-refractivity contribution in [2.45, 2.75) is 0 Å². The highest BCUT2D eigenvalue weighted by molar-refractivity contribution is 6.33.